The highest BCUT2D eigenvalue weighted by Gasteiger charge is 2.44. The van der Waals surface area contributed by atoms with Gasteiger partial charge in [0, 0.05) is 5.56 Å². The van der Waals surface area contributed by atoms with Crippen molar-refractivity contribution in [2.24, 2.45) is 5.73 Å². The van der Waals surface area contributed by atoms with E-state index in [1.807, 2.05) is 31.2 Å². The molecule has 2 aromatic carbocycles. The smallest absolute Gasteiger partial charge is 0.228 e. The molecule has 0 unspecified atom stereocenters. The Balaban J connectivity index is 2.13. The molecule has 0 aliphatic heterocycles. The third-order valence-electron chi connectivity index (χ3n) is 4.49. The summed E-state index contributed by atoms with van der Waals surface area (Å²) in [4.78, 5) is 11.9. The monoisotopic (exact) mass is 283 g/mol. The molecule has 0 radical (unpaired) electrons. The van der Waals surface area contributed by atoms with Crippen molar-refractivity contribution < 1.29 is 9.18 Å². The van der Waals surface area contributed by atoms with Crippen LogP contribution in [0.2, 0.25) is 0 Å². The maximum absolute atomic E-state index is 14.0. The number of hydrogen-bond donors (Lipinski definition) is 1. The summed E-state index contributed by atoms with van der Waals surface area (Å²) in [6.07, 6.45) is 2.57. The van der Waals surface area contributed by atoms with Gasteiger partial charge >= 0.3 is 0 Å². The Morgan fingerprint density at radius 3 is 2.48 bits per heavy atom. The normalized spacial score (nSPS) is 16.3. The molecule has 0 aromatic heterocycles. The predicted octanol–water partition coefficient (Wildman–Crippen LogP) is 3.71. The van der Waals surface area contributed by atoms with Crippen molar-refractivity contribution >= 4 is 5.91 Å². The number of benzene rings is 2. The van der Waals surface area contributed by atoms with E-state index in [4.69, 9.17) is 5.73 Å². The number of carbonyl (C=O) groups excluding carboxylic acids is 1. The molecule has 3 rings (SSSR count). The van der Waals surface area contributed by atoms with Crippen LogP contribution in [0.4, 0.5) is 4.39 Å². The average molecular weight is 283 g/mol. The van der Waals surface area contributed by atoms with Crippen molar-refractivity contribution in [1.29, 1.82) is 0 Å². The molecule has 3 heteroatoms. The van der Waals surface area contributed by atoms with E-state index in [-0.39, 0.29) is 11.7 Å². The van der Waals surface area contributed by atoms with E-state index in [0.717, 1.165) is 36.0 Å². The van der Waals surface area contributed by atoms with E-state index in [2.05, 4.69) is 0 Å². The van der Waals surface area contributed by atoms with Gasteiger partial charge in [0.15, 0.2) is 0 Å². The molecule has 1 aliphatic carbocycles. The third kappa shape index (κ3) is 2.23. The van der Waals surface area contributed by atoms with Gasteiger partial charge in [-0.15, -0.1) is 0 Å². The van der Waals surface area contributed by atoms with Gasteiger partial charge in [0.05, 0.1) is 5.41 Å². The van der Waals surface area contributed by atoms with Gasteiger partial charge in [-0.25, -0.2) is 4.39 Å². The molecule has 2 aromatic rings. The van der Waals surface area contributed by atoms with E-state index in [1.54, 1.807) is 12.1 Å². The maximum Gasteiger partial charge on any atom is 0.228 e. The summed E-state index contributed by atoms with van der Waals surface area (Å²) < 4.78 is 14.0. The molecular weight excluding hydrogens is 265 g/mol. The van der Waals surface area contributed by atoms with Crippen LogP contribution < -0.4 is 5.73 Å². The molecule has 0 saturated heterocycles. The molecule has 0 spiro atoms. The zero-order chi connectivity index (χ0) is 15.0. The standard InChI is InChI=1S/C18H18FNO/c1-12-9-13(15-5-2-3-6-16(15)19)11-14(10-12)18(17(20)21)7-4-8-18/h2-3,5-6,9-11H,4,7-8H2,1H3,(H2,20,21). The molecule has 0 atom stereocenters. The second-order valence-electron chi connectivity index (χ2n) is 5.87. The van der Waals surface area contributed by atoms with Crippen LogP contribution in [0.1, 0.15) is 30.4 Å². The zero-order valence-corrected chi connectivity index (χ0v) is 12.0. The molecular formula is C18H18FNO. The minimum Gasteiger partial charge on any atom is -0.369 e. The number of aryl methyl sites for hydroxylation is 1. The van der Waals surface area contributed by atoms with E-state index in [1.165, 1.54) is 6.07 Å². The Labute approximate surface area is 123 Å². The van der Waals surface area contributed by atoms with Gasteiger partial charge < -0.3 is 5.73 Å². The SMILES string of the molecule is Cc1cc(-c2ccccc2F)cc(C2(C(N)=O)CCC2)c1. The van der Waals surface area contributed by atoms with E-state index in [0.29, 0.717) is 5.56 Å². The first-order chi connectivity index (χ1) is 10.0. The Morgan fingerprint density at radius 2 is 1.90 bits per heavy atom. The first-order valence-electron chi connectivity index (χ1n) is 7.20. The second-order valence-corrected chi connectivity index (χ2v) is 5.87. The van der Waals surface area contributed by atoms with Gasteiger partial charge in [0.25, 0.3) is 0 Å². The first-order valence-corrected chi connectivity index (χ1v) is 7.20. The Hall–Kier alpha value is -2.16. The number of amides is 1. The van der Waals surface area contributed by atoms with Crippen molar-refractivity contribution in [2.75, 3.05) is 0 Å². The minimum atomic E-state index is -0.563. The van der Waals surface area contributed by atoms with Crippen LogP contribution in [0.25, 0.3) is 11.1 Å². The summed E-state index contributed by atoms with van der Waals surface area (Å²) >= 11 is 0. The number of halogens is 1. The summed E-state index contributed by atoms with van der Waals surface area (Å²) in [6.45, 7) is 1.96. The lowest BCUT2D eigenvalue weighted by molar-refractivity contribution is -0.126. The quantitative estimate of drug-likeness (QED) is 0.916. The van der Waals surface area contributed by atoms with Gasteiger partial charge in [0.1, 0.15) is 5.82 Å². The van der Waals surface area contributed by atoms with E-state index >= 15 is 0 Å². The molecule has 2 nitrogen and oxygen atoms in total. The van der Waals surface area contributed by atoms with Crippen LogP contribution in [-0.2, 0) is 10.2 Å². The Kier molecular flexibility index (Phi) is 3.28. The lowest BCUT2D eigenvalue weighted by Crippen LogP contribution is -2.46. The van der Waals surface area contributed by atoms with Gasteiger partial charge in [-0.3, -0.25) is 4.79 Å². The van der Waals surface area contributed by atoms with Crippen molar-refractivity contribution in [3.8, 4) is 11.1 Å². The van der Waals surface area contributed by atoms with Crippen LogP contribution in [0, 0.1) is 12.7 Å². The largest absolute Gasteiger partial charge is 0.369 e. The van der Waals surface area contributed by atoms with Crippen LogP contribution >= 0.6 is 0 Å². The van der Waals surface area contributed by atoms with Crippen molar-refractivity contribution in [2.45, 2.75) is 31.6 Å². The van der Waals surface area contributed by atoms with Gasteiger partial charge in [-0.05, 0) is 43.0 Å². The Morgan fingerprint density at radius 1 is 1.19 bits per heavy atom. The molecule has 0 heterocycles. The predicted molar refractivity (Wildman–Crippen MR) is 81.3 cm³/mol. The number of carbonyl (C=O) groups is 1. The lowest BCUT2D eigenvalue weighted by Gasteiger charge is -2.39. The molecule has 21 heavy (non-hydrogen) atoms. The van der Waals surface area contributed by atoms with Gasteiger partial charge in [-0.1, -0.05) is 42.3 Å². The molecule has 1 saturated carbocycles. The first kappa shape index (κ1) is 13.8. The molecule has 1 fully saturated rings. The summed E-state index contributed by atoms with van der Waals surface area (Å²) in [5.41, 5.74) is 8.34. The minimum absolute atomic E-state index is 0.254. The number of nitrogens with two attached hydrogens (primary N) is 1. The second kappa shape index (κ2) is 4.99. The molecule has 1 amide bonds. The van der Waals surface area contributed by atoms with E-state index in [9.17, 15) is 9.18 Å². The zero-order valence-electron chi connectivity index (χ0n) is 12.0. The van der Waals surface area contributed by atoms with E-state index < -0.39 is 5.41 Å². The third-order valence-corrected chi connectivity index (χ3v) is 4.49. The van der Waals surface area contributed by atoms with Gasteiger partial charge in [-0.2, -0.15) is 0 Å². The fraction of sp³-hybridized carbons (Fsp3) is 0.278. The molecule has 1 aliphatic rings. The topological polar surface area (TPSA) is 43.1 Å². The fourth-order valence-corrected chi connectivity index (χ4v) is 3.12. The average Bonchev–Trinajstić information content (AvgIpc) is 2.36. The maximum atomic E-state index is 14.0. The molecule has 108 valence electrons. The summed E-state index contributed by atoms with van der Waals surface area (Å²) in [7, 11) is 0. The van der Waals surface area contributed by atoms with Crippen molar-refractivity contribution in [3.63, 3.8) is 0 Å². The number of rotatable bonds is 3. The number of primary amides is 1. The van der Waals surface area contributed by atoms with Crippen LogP contribution in [0.3, 0.4) is 0 Å². The Bertz CT molecular complexity index is 704. The number of hydrogen-bond acceptors (Lipinski definition) is 1. The van der Waals surface area contributed by atoms with Crippen LogP contribution in [0.5, 0.6) is 0 Å². The fourth-order valence-electron chi connectivity index (χ4n) is 3.12. The van der Waals surface area contributed by atoms with Crippen molar-refractivity contribution in [1.82, 2.24) is 0 Å². The molecule has 0 bridgehead atoms. The highest BCUT2D eigenvalue weighted by molar-refractivity contribution is 5.88. The highest BCUT2D eigenvalue weighted by Crippen LogP contribution is 2.44. The summed E-state index contributed by atoms with van der Waals surface area (Å²) in [6, 6.07) is 12.5. The summed E-state index contributed by atoms with van der Waals surface area (Å²) in [5, 5.41) is 0. The molecule has 2 N–H and O–H groups in total. The highest BCUT2D eigenvalue weighted by atomic mass is 19.1. The van der Waals surface area contributed by atoms with Crippen LogP contribution in [-0.4, -0.2) is 5.91 Å². The van der Waals surface area contributed by atoms with Crippen LogP contribution in [0.15, 0.2) is 42.5 Å². The summed E-state index contributed by atoms with van der Waals surface area (Å²) in [5.74, 6) is -0.533. The van der Waals surface area contributed by atoms with Crippen molar-refractivity contribution in [3.05, 3.63) is 59.4 Å². The lowest BCUT2D eigenvalue weighted by atomic mass is 9.63. The van der Waals surface area contributed by atoms with Gasteiger partial charge in [0.2, 0.25) is 5.91 Å².